The number of aromatic nitrogens is 1. The molecular formula is C19H17BrN2O2S. The van der Waals surface area contributed by atoms with Gasteiger partial charge in [-0.3, -0.25) is 0 Å². The van der Waals surface area contributed by atoms with Crippen molar-refractivity contribution in [1.29, 1.82) is 0 Å². The summed E-state index contributed by atoms with van der Waals surface area (Å²) in [5.41, 5.74) is 3.19. The summed E-state index contributed by atoms with van der Waals surface area (Å²) in [5.74, 6) is -0.927. The molecule has 1 aromatic heterocycles. The summed E-state index contributed by atoms with van der Waals surface area (Å²) in [6.07, 6.45) is 2.03. The number of hydrogen-bond donors (Lipinski definition) is 2. The first kappa shape index (κ1) is 17.6. The average Bonchev–Trinajstić information content (AvgIpc) is 2.99. The van der Waals surface area contributed by atoms with Crippen LogP contribution in [0.4, 0.5) is 10.8 Å². The summed E-state index contributed by atoms with van der Waals surface area (Å²) >= 11 is 5.10. The quantitative estimate of drug-likeness (QED) is 0.519. The van der Waals surface area contributed by atoms with Gasteiger partial charge in [0, 0.05) is 20.6 Å². The van der Waals surface area contributed by atoms with Crippen molar-refractivity contribution in [2.24, 2.45) is 0 Å². The predicted octanol–water partition coefficient (Wildman–Crippen LogP) is 5.97. The van der Waals surface area contributed by atoms with Gasteiger partial charge in [0.1, 0.15) is 0 Å². The van der Waals surface area contributed by atoms with E-state index in [-0.39, 0.29) is 5.56 Å². The fourth-order valence-electron chi connectivity index (χ4n) is 2.45. The third kappa shape index (κ3) is 4.27. The monoisotopic (exact) mass is 416 g/mol. The maximum atomic E-state index is 10.9. The van der Waals surface area contributed by atoms with Crippen molar-refractivity contribution < 1.29 is 9.90 Å². The number of hydrogen-bond acceptors (Lipinski definition) is 4. The van der Waals surface area contributed by atoms with E-state index in [4.69, 9.17) is 10.1 Å². The van der Waals surface area contributed by atoms with Crippen LogP contribution in [-0.2, 0) is 6.42 Å². The molecule has 4 nitrogen and oxygen atoms in total. The van der Waals surface area contributed by atoms with Crippen molar-refractivity contribution in [2.45, 2.75) is 19.8 Å². The van der Waals surface area contributed by atoms with E-state index >= 15 is 0 Å². The summed E-state index contributed by atoms with van der Waals surface area (Å²) in [6, 6.07) is 14.8. The molecule has 128 valence electrons. The van der Waals surface area contributed by atoms with Crippen molar-refractivity contribution >= 4 is 44.1 Å². The van der Waals surface area contributed by atoms with Crippen LogP contribution in [-0.4, -0.2) is 16.1 Å². The lowest BCUT2D eigenvalue weighted by Crippen LogP contribution is -1.96. The lowest BCUT2D eigenvalue weighted by Gasteiger charge is -2.02. The van der Waals surface area contributed by atoms with Gasteiger partial charge in [-0.1, -0.05) is 41.4 Å². The van der Waals surface area contributed by atoms with Crippen LogP contribution in [0.25, 0.3) is 11.3 Å². The summed E-state index contributed by atoms with van der Waals surface area (Å²) in [6.45, 7) is 2.16. The van der Waals surface area contributed by atoms with Gasteiger partial charge in [0.2, 0.25) is 0 Å². The molecule has 0 unspecified atom stereocenters. The molecule has 0 saturated carbocycles. The molecule has 2 N–H and O–H groups in total. The van der Waals surface area contributed by atoms with Crippen LogP contribution < -0.4 is 5.32 Å². The van der Waals surface area contributed by atoms with E-state index in [0.29, 0.717) is 0 Å². The molecule has 3 aromatic rings. The molecular weight excluding hydrogens is 400 g/mol. The van der Waals surface area contributed by atoms with Gasteiger partial charge in [-0.25, -0.2) is 9.78 Å². The molecule has 1 heterocycles. The first-order valence-corrected chi connectivity index (χ1v) is 9.54. The van der Waals surface area contributed by atoms with Crippen LogP contribution in [0.3, 0.4) is 0 Å². The molecule has 0 atom stereocenters. The predicted molar refractivity (Wildman–Crippen MR) is 106 cm³/mol. The number of thiazole rings is 1. The van der Waals surface area contributed by atoms with E-state index in [1.165, 1.54) is 4.88 Å². The molecule has 0 aliphatic heterocycles. The van der Waals surface area contributed by atoms with Crippen molar-refractivity contribution in [3.63, 3.8) is 0 Å². The van der Waals surface area contributed by atoms with E-state index in [2.05, 4.69) is 40.3 Å². The first-order valence-electron chi connectivity index (χ1n) is 7.93. The second-order valence-corrected chi connectivity index (χ2v) is 7.55. The van der Waals surface area contributed by atoms with Crippen LogP contribution in [0, 0.1) is 0 Å². The van der Waals surface area contributed by atoms with Gasteiger partial charge in [0.15, 0.2) is 5.13 Å². The zero-order chi connectivity index (χ0) is 17.8. The lowest BCUT2D eigenvalue weighted by molar-refractivity contribution is 0.0697. The van der Waals surface area contributed by atoms with Crippen molar-refractivity contribution in [3.05, 3.63) is 63.4 Å². The molecule has 0 fully saturated rings. The number of carboxylic acids is 1. The molecule has 0 radical (unpaired) electrons. The zero-order valence-corrected chi connectivity index (χ0v) is 16.0. The lowest BCUT2D eigenvalue weighted by atomic mass is 10.1. The van der Waals surface area contributed by atoms with Gasteiger partial charge in [0.05, 0.1) is 11.3 Å². The number of carbonyl (C=O) groups is 1. The van der Waals surface area contributed by atoms with Gasteiger partial charge < -0.3 is 10.4 Å². The minimum absolute atomic E-state index is 0.270. The van der Waals surface area contributed by atoms with E-state index in [1.54, 1.807) is 35.6 Å². The number of anilines is 2. The van der Waals surface area contributed by atoms with Crippen molar-refractivity contribution in [1.82, 2.24) is 4.98 Å². The van der Waals surface area contributed by atoms with Crippen molar-refractivity contribution in [2.75, 3.05) is 5.32 Å². The number of halogens is 1. The van der Waals surface area contributed by atoms with Gasteiger partial charge >= 0.3 is 5.97 Å². The number of nitrogens with zero attached hydrogens (tertiary/aromatic N) is 1. The van der Waals surface area contributed by atoms with E-state index < -0.39 is 5.97 Å². The SMILES string of the molecule is CCCc1sc(Nc2ccc(C(=O)O)cc2)nc1-c1ccc(Br)cc1. The highest BCUT2D eigenvalue weighted by Crippen LogP contribution is 2.34. The highest BCUT2D eigenvalue weighted by atomic mass is 79.9. The molecule has 0 saturated heterocycles. The molecule has 25 heavy (non-hydrogen) atoms. The Morgan fingerprint density at radius 3 is 2.44 bits per heavy atom. The van der Waals surface area contributed by atoms with Gasteiger partial charge in [-0.15, -0.1) is 11.3 Å². The van der Waals surface area contributed by atoms with Crippen LogP contribution in [0.15, 0.2) is 53.0 Å². The first-order chi connectivity index (χ1) is 12.1. The van der Waals surface area contributed by atoms with E-state index in [9.17, 15) is 4.79 Å². The summed E-state index contributed by atoms with van der Waals surface area (Å²) in [7, 11) is 0. The summed E-state index contributed by atoms with van der Waals surface area (Å²) in [5, 5.41) is 13.1. The maximum absolute atomic E-state index is 10.9. The average molecular weight is 417 g/mol. The van der Waals surface area contributed by atoms with Crippen LogP contribution in [0.2, 0.25) is 0 Å². The smallest absolute Gasteiger partial charge is 0.335 e. The van der Waals surface area contributed by atoms with Gasteiger partial charge in [-0.2, -0.15) is 0 Å². The zero-order valence-electron chi connectivity index (χ0n) is 13.6. The van der Waals surface area contributed by atoms with E-state index in [0.717, 1.165) is 39.4 Å². The molecule has 0 aliphatic carbocycles. The van der Waals surface area contributed by atoms with Gasteiger partial charge in [-0.05, 0) is 42.8 Å². The Kier molecular flexibility index (Phi) is 5.50. The standard InChI is InChI=1S/C19H17BrN2O2S/c1-2-3-16-17(12-4-8-14(20)9-5-12)22-19(25-16)21-15-10-6-13(7-11-15)18(23)24/h4-11H,2-3H2,1H3,(H,21,22)(H,23,24). The minimum Gasteiger partial charge on any atom is -0.478 e. The fourth-order valence-corrected chi connectivity index (χ4v) is 3.82. The number of rotatable bonds is 6. The third-order valence-corrected chi connectivity index (χ3v) is 5.23. The fraction of sp³-hybridized carbons (Fsp3) is 0.158. The Morgan fingerprint density at radius 2 is 1.84 bits per heavy atom. The third-order valence-electron chi connectivity index (χ3n) is 3.68. The number of aromatic carboxylic acids is 1. The highest BCUT2D eigenvalue weighted by Gasteiger charge is 2.13. The number of nitrogens with one attached hydrogen (secondary N) is 1. The van der Waals surface area contributed by atoms with Crippen LogP contribution in [0.5, 0.6) is 0 Å². The molecule has 6 heteroatoms. The number of aryl methyl sites for hydroxylation is 1. The molecule has 0 aliphatic rings. The second kappa shape index (κ2) is 7.80. The molecule has 0 amide bonds. The van der Waals surface area contributed by atoms with Crippen LogP contribution in [0.1, 0.15) is 28.6 Å². The Morgan fingerprint density at radius 1 is 1.16 bits per heavy atom. The topological polar surface area (TPSA) is 62.2 Å². The molecule has 0 spiro atoms. The normalized spacial score (nSPS) is 10.6. The molecule has 3 rings (SSSR count). The molecule has 0 bridgehead atoms. The number of benzene rings is 2. The minimum atomic E-state index is -0.927. The summed E-state index contributed by atoms with van der Waals surface area (Å²) in [4.78, 5) is 16.9. The Labute approximate surface area is 158 Å². The Bertz CT molecular complexity index is 873. The number of carboxylic acid groups (broad SMARTS) is 1. The molecule has 2 aromatic carbocycles. The summed E-state index contributed by atoms with van der Waals surface area (Å²) < 4.78 is 1.04. The largest absolute Gasteiger partial charge is 0.478 e. The second-order valence-electron chi connectivity index (χ2n) is 5.56. The van der Waals surface area contributed by atoms with Crippen molar-refractivity contribution in [3.8, 4) is 11.3 Å². The Hall–Kier alpha value is -2.18. The Balaban J connectivity index is 1.88. The highest BCUT2D eigenvalue weighted by molar-refractivity contribution is 9.10. The van der Waals surface area contributed by atoms with E-state index in [1.807, 2.05) is 12.1 Å². The van der Waals surface area contributed by atoms with Gasteiger partial charge in [0.25, 0.3) is 0 Å². The van der Waals surface area contributed by atoms with Crippen LogP contribution >= 0.6 is 27.3 Å². The maximum Gasteiger partial charge on any atom is 0.335 e.